The molecule has 0 unspecified atom stereocenters. The van der Waals surface area contributed by atoms with Gasteiger partial charge in [0.2, 0.25) is 11.8 Å². The Kier molecular flexibility index (Phi) is 6.41. The lowest BCUT2D eigenvalue weighted by Gasteiger charge is -2.06. The number of aromatic nitrogens is 5. The molecule has 0 spiro atoms. The predicted molar refractivity (Wildman–Crippen MR) is 130 cm³/mol. The van der Waals surface area contributed by atoms with Gasteiger partial charge in [-0.05, 0) is 18.6 Å². The van der Waals surface area contributed by atoms with E-state index in [0.29, 0.717) is 34.9 Å². The maximum Gasteiger partial charge on any atom is 0.332 e. The Balaban J connectivity index is 1.36. The number of anilines is 2. The normalized spacial score (nSPS) is 11.0. The lowest BCUT2D eigenvalue weighted by molar-refractivity contribution is -0.116. The molecule has 176 valence electrons. The van der Waals surface area contributed by atoms with Gasteiger partial charge >= 0.3 is 5.69 Å². The van der Waals surface area contributed by atoms with E-state index < -0.39 is 11.2 Å². The summed E-state index contributed by atoms with van der Waals surface area (Å²) < 4.78 is 4.03. The summed E-state index contributed by atoms with van der Waals surface area (Å²) in [5, 5.41) is 7.85. The zero-order chi connectivity index (χ0) is 24.4. The standard InChI is InChI=1S/C22H23N7O4S/c1-13(30)24-15-8-6-14(7-9-15)16-11-34-21(25-16)26-17(31)5-4-10-29-12-23-19-18(29)20(32)28(3)22(33)27(19)2/h6-9,11-12H,4-5,10H2,1-3H3,(H,24,30)(H,25,26,31). The highest BCUT2D eigenvalue weighted by atomic mass is 32.1. The average Bonchev–Trinajstić information content (AvgIpc) is 3.44. The molecule has 0 bridgehead atoms. The van der Waals surface area contributed by atoms with Crippen LogP contribution in [0.2, 0.25) is 0 Å². The SMILES string of the molecule is CC(=O)Nc1ccc(-c2csc(NC(=O)CCCn3cnc4c3c(=O)n(C)c(=O)n4C)n2)cc1. The first kappa shape index (κ1) is 23.1. The molecule has 11 nitrogen and oxygen atoms in total. The van der Waals surface area contributed by atoms with E-state index in [1.807, 2.05) is 17.5 Å². The molecule has 34 heavy (non-hydrogen) atoms. The highest BCUT2D eigenvalue weighted by molar-refractivity contribution is 7.14. The summed E-state index contributed by atoms with van der Waals surface area (Å²) in [6.07, 6.45) is 2.21. The zero-order valence-corrected chi connectivity index (χ0v) is 19.7. The Morgan fingerprint density at radius 3 is 2.50 bits per heavy atom. The second-order valence-corrected chi connectivity index (χ2v) is 8.62. The molecular weight excluding hydrogens is 458 g/mol. The zero-order valence-electron chi connectivity index (χ0n) is 18.9. The van der Waals surface area contributed by atoms with Crippen molar-refractivity contribution < 1.29 is 9.59 Å². The van der Waals surface area contributed by atoms with Gasteiger partial charge in [-0.1, -0.05) is 12.1 Å². The van der Waals surface area contributed by atoms with Crippen molar-refractivity contribution in [1.29, 1.82) is 0 Å². The Morgan fingerprint density at radius 2 is 1.79 bits per heavy atom. The van der Waals surface area contributed by atoms with Crippen molar-refractivity contribution in [2.24, 2.45) is 14.1 Å². The number of hydrogen-bond acceptors (Lipinski definition) is 7. The first-order chi connectivity index (χ1) is 16.2. The first-order valence-electron chi connectivity index (χ1n) is 10.5. The van der Waals surface area contributed by atoms with Gasteiger partial charge in [0.05, 0.1) is 12.0 Å². The number of hydrogen-bond donors (Lipinski definition) is 2. The van der Waals surface area contributed by atoms with Crippen molar-refractivity contribution in [2.45, 2.75) is 26.3 Å². The highest BCUT2D eigenvalue weighted by Crippen LogP contribution is 2.26. The van der Waals surface area contributed by atoms with E-state index in [1.54, 1.807) is 23.7 Å². The van der Waals surface area contributed by atoms with Crippen molar-refractivity contribution in [3.63, 3.8) is 0 Å². The van der Waals surface area contributed by atoms with Gasteiger partial charge in [0.15, 0.2) is 16.3 Å². The number of fused-ring (bicyclic) bond motifs is 1. The third kappa shape index (κ3) is 4.66. The molecule has 0 fully saturated rings. The van der Waals surface area contributed by atoms with Gasteiger partial charge in [0.1, 0.15) is 0 Å². The minimum atomic E-state index is -0.436. The van der Waals surface area contributed by atoms with E-state index in [1.165, 1.54) is 36.2 Å². The van der Waals surface area contributed by atoms with Crippen LogP contribution in [-0.2, 0) is 30.2 Å². The van der Waals surface area contributed by atoms with Crippen molar-refractivity contribution in [1.82, 2.24) is 23.7 Å². The summed E-state index contributed by atoms with van der Waals surface area (Å²) in [7, 11) is 2.99. The first-order valence-corrected chi connectivity index (χ1v) is 11.4. The minimum Gasteiger partial charge on any atom is -0.326 e. The maximum absolute atomic E-state index is 12.5. The third-order valence-corrected chi connectivity index (χ3v) is 6.03. The van der Waals surface area contributed by atoms with E-state index in [4.69, 9.17) is 0 Å². The fourth-order valence-electron chi connectivity index (χ4n) is 3.55. The van der Waals surface area contributed by atoms with Crippen molar-refractivity contribution in [3.8, 4) is 11.3 Å². The van der Waals surface area contributed by atoms with Crippen LogP contribution in [0.5, 0.6) is 0 Å². The Hall–Kier alpha value is -4.06. The number of nitrogens with one attached hydrogen (secondary N) is 2. The van der Waals surface area contributed by atoms with E-state index in [0.717, 1.165) is 15.8 Å². The van der Waals surface area contributed by atoms with Crippen LogP contribution in [0.25, 0.3) is 22.4 Å². The van der Waals surface area contributed by atoms with Crippen LogP contribution in [0.15, 0.2) is 45.6 Å². The molecule has 2 amide bonds. The molecule has 0 radical (unpaired) electrons. The highest BCUT2D eigenvalue weighted by Gasteiger charge is 2.15. The smallest absolute Gasteiger partial charge is 0.326 e. The molecule has 0 aliphatic carbocycles. The van der Waals surface area contributed by atoms with Crippen molar-refractivity contribution in [3.05, 3.63) is 56.8 Å². The van der Waals surface area contributed by atoms with Crippen LogP contribution < -0.4 is 21.9 Å². The second-order valence-electron chi connectivity index (χ2n) is 7.76. The van der Waals surface area contributed by atoms with Crippen LogP contribution in [0.3, 0.4) is 0 Å². The maximum atomic E-state index is 12.5. The fourth-order valence-corrected chi connectivity index (χ4v) is 4.29. The molecule has 12 heteroatoms. The molecule has 4 rings (SSSR count). The van der Waals surface area contributed by atoms with Crippen LogP contribution in [0, 0.1) is 0 Å². The Labute approximate surface area is 197 Å². The van der Waals surface area contributed by atoms with Gasteiger partial charge in [0.25, 0.3) is 5.56 Å². The lowest BCUT2D eigenvalue weighted by Crippen LogP contribution is -2.37. The van der Waals surface area contributed by atoms with Gasteiger partial charge in [-0.3, -0.25) is 23.5 Å². The van der Waals surface area contributed by atoms with E-state index in [9.17, 15) is 19.2 Å². The molecular formula is C22H23N7O4S. The van der Waals surface area contributed by atoms with Crippen LogP contribution in [0.1, 0.15) is 19.8 Å². The fraction of sp³-hybridized carbons (Fsp3) is 0.273. The minimum absolute atomic E-state index is 0.138. The third-order valence-electron chi connectivity index (χ3n) is 5.27. The molecule has 0 aliphatic heterocycles. The Bertz CT molecular complexity index is 1490. The Morgan fingerprint density at radius 1 is 1.06 bits per heavy atom. The molecule has 2 N–H and O–H groups in total. The van der Waals surface area contributed by atoms with Crippen LogP contribution in [-0.4, -0.2) is 35.5 Å². The van der Waals surface area contributed by atoms with Crippen molar-refractivity contribution >= 4 is 45.1 Å². The predicted octanol–water partition coefficient (Wildman–Crippen LogP) is 1.93. The summed E-state index contributed by atoms with van der Waals surface area (Å²) in [6, 6.07) is 7.28. The quantitative estimate of drug-likeness (QED) is 0.414. The van der Waals surface area contributed by atoms with Gasteiger partial charge < -0.3 is 15.2 Å². The molecule has 3 aromatic heterocycles. The molecule has 0 aliphatic rings. The number of amides is 2. The number of benzene rings is 1. The summed E-state index contributed by atoms with van der Waals surface area (Å²) in [5.74, 6) is -0.327. The van der Waals surface area contributed by atoms with E-state index in [-0.39, 0.29) is 18.2 Å². The molecule has 3 heterocycles. The van der Waals surface area contributed by atoms with Crippen molar-refractivity contribution in [2.75, 3.05) is 10.6 Å². The number of aryl methyl sites for hydroxylation is 2. The molecule has 0 saturated heterocycles. The summed E-state index contributed by atoms with van der Waals surface area (Å²) in [4.78, 5) is 56.7. The van der Waals surface area contributed by atoms with Crippen LogP contribution in [0.4, 0.5) is 10.8 Å². The number of imidazole rings is 1. The summed E-state index contributed by atoms with van der Waals surface area (Å²) in [6.45, 7) is 1.85. The van der Waals surface area contributed by atoms with Gasteiger partial charge in [-0.2, -0.15) is 0 Å². The summed E-state index contributed by atoms with van der Waals surface area (Å²) in [5.41, 5.74) is 2.09. The monoisotopic (exact) mass is 481 g/mol. The van der Waals surface area contributed by atoms with Gasteiger partial charge in [0, 0.05) is 50.6 Å². The largest absolute Gasteiger partial charge is 0.332 e. The molecule has 0 saturated carbocycles. The topological polar surface area (TPSA) is 133 Å². The molecule has 0 atom stereocenters. The molecule has 1 aromatic carbocycles. The van der Waals surface area contributed by atoms with E-state index >= 15 is 0 Å². The number of carbonyl (C=O) groups excluding carboxylic acids is 2. The molecule has 4 aromatic rings. The number of rotatable bonds is 7. The van der Waals surface area contributed by atoms with Gasteiger partial charge in [-0.15, -0.1) is 11.3 Å². The second kappa shape index (κ2) is 9.43. The number of thiazole rings is 1. The van der Waals surface area contributed by atoms with Gasteiger partial charge in [-0.25, -0.2) is 14.8 Å². The number of nitrogens with zero attached hydrogens (tertiary/aromatic N) is 5. The number of carbonyl (C=O) groups is 2. The lowest BCUT2D eigenvalue weighted by atomic mass is 10.1. The van der Waals surface area contributed by atoms with Crippen LogP contribution >= 0.6 is 11.3 Å². The summed E-state index contributed by atoms with van der Waals surface area (Å²) >= 11 is 1.32. The van der Waals surface area contributed by atoms with E-state index in [2.05, 4.69) is 20.6 Å². The average molecular weight is 482 g/mol.